The lowest BCUT2D eigenvalue weighted by molar-refractivity contribution is -0.121. The highest BCUT2D eigenvalue weighted by molar-refractivity contribution is 5.94. The lowest BCUT2D eigenvalue weighted by Crippen LogP contribution is -2.42. The molecule has 3 N–H and O–H groups in total. The fourth-order valence-electron chi connectivity index (χ4n) is 2.94. The number of fused-ring (bicyclic) bond motifs is 1. The largest absolute Gasteiger partial charge is 0.361 e. The van der Waals surface area contributed by atoms with Gasteiger partial charge >= 0.3 is 0 Å². The number of hydrogen-bond donors (Lipinski definition) is 3. The van der Waals surface area contributed by atoms with E-state index in [2.05, 4.69) is 26.1 Å². The van der Waals surface area contributed by atoms with Gasteiger partial charge < -0.3 is 4.98 Å². The van der Waals surface area contributed by atoms with Crippen LogP contribution in [0.1, 0.15) is 21.6 Å². The zero-order valence-corrected chi connectivity index (χ0v) is 14.9. The molecule has 2 aromatic heterocycles. The Kier molecular flexibility index (Phi) is 4.83. The third-order valence-electron chi connectivity index (χ3n) is 4.30. The molecule has 8 heteroatoms. The lowest BCUT2D eigenvalue weighted by atomic mass is 10.1. The topological polar surface area (TPSA) is 105 Å². The fraction of sp³-hybridized carbons (Fsp3) is 0.100. The predicted octanol–water partition coefficient (Wildman–Crippen LogP) is 1.81. The van der Waals surface area contributed by atoms with Gasteiger partial charge in [0.05, 0.1) is 19.2 Å². The van der Waals surface area contributed by atoms with Crippen LogP contribution in [0.25, 0.3) is 10.9 Å². The molecule has 0 bridgehead atoms. The molecule has 0 aliphatic carbocycles. The number of nitrogens with zero attached hydrogens (tertiary/aromatic N) is 3. The summed E-state index contributed by atoms with van der Waals surface area (Å²) in [6.45, 7) is 0.508. The van der Waals surface area contributed by atoms with Crippen LogP contribution in [0.15, 0.2) is 67.0 Å². The summed E-state index contributed by atoms with van der Waals surface area (Å²) in [6, 6.07) is 17.5. The van der Waals surface area contributed by atoms with Crippen molar-refractivity contribution in [3.05, 3.63) is 83.8 Å². The molecule has 0 atom stereocenters. The monoisotopic (exact) mass is 374 g/mol. The number of aromatic amines is 1. The average molecular weight is 374 g/mol. The van der Waals surface area contributed by atoms with Gasteiger partial charge in [0.1, 0.15) is 0 Å². The van der Waals surface area contributed by atoms with Crippen molar-refractivity contribution in [1.82, 2.24) is 30.8 Å². The smallest absolute Gasteiger partial charge is 0.291 e. The number of carbonyl (C=O) groups excluding carboxylic acids is 2. The minimum absolute atomic E-state index is 0.128. The van der Waals surface area contributed by atoms with Crippen LogP contribution >= 0.6 is 0 Å². The second-order valence-electron chi connectivity index (χ2n) is 6.33. The second kappa shape index (κ2) is 7.75. The molecule has 0 fully saturated rings. The molecule has 4 rings (SSSR count). The Hall–Kier alpha value is -3.94. The predicted molar refractivity (Wildman–Crippen MR) is 103 cm³/mol. The van der Waals surface area contributed by atoms with Crippen molar-refractivity contribution < 1.29 is 9.59 Å². The molecule has 0 radical (unpaired) electrons. The van der Waals surface area contributed by atoms with Gasteiger partial charge in [-0.15, -0.1) is 5.10 Å². The highest BCUT2D eigenvalue weighted by Gasteiger charge is 2.13. The number of amides is 2. The van der Waals surface area contributed by atoms with E-state index in [1.165, 1.54) is 6.20 Å². The SMILES string of the molecule is O=C(Cc1c[nH]c2ccccc12)NNC(=O)c1cn(Cc2ccccc2)nn1. The molecular weight excluding hydrogens is 356 g/mol. The van der Waals surface area contributed by atoms with E-state index in [4.69, 9.17) is 0 Å². The Morgan fingerprint density at radius 1 is 1.00 bits per heavy atom. The molecule has 2 aromatic carbocycles. The van der Waals surface area contributed by atoms with E-state index in [0.29, 0.717) is 6.54 Å². The summed E-state index contributed by atoms with van der Waals surface area (Å²) < 4.78 is 1.57. The zero-order valence-electron chi connectivity index (χ0n) is 14.9. The minimum Gasteiger partial charge on any atom is -0.361 e. The maximum absolute atomic E-state index is 12.2. The Labute approximate surface area is 160 Å². The van der Waals surface area contributed by atoms with Crippen LogP contribution in [0.4, 0.5) is 0 Å². The van der Waals surface area contributed by atoms with Gasteiger partial charge in [-0.3, -0.25) is 20.4 Å². The number of aromatic nitrogens is 4. The van der Waals surface area contributed by atoms with Gasteiger partial charge in [-0.2, -0.15) is 0 Å². The fourth-order valence-corrected chi connectivity index (χ4v) is 2.94. The van der Waals surface area contributed by atoms with Crippen molar-refractivity contribution in [3.63, 3.8) is 0 Å². The normalized spacial score (nSPS) is 10.7. The van der Waals surface area contributed by atoms with E-state index in [0.717, 1.165) is 22.0 Å². The molecule has 140 valence electrons. The zero-order chi connectivity index (χ0) is 19.3. The molecule has 4 aromatic rings. The van der Waals surface area contributed by atoms with Crippen molar-refractivity contribution in [2.24, 2.45) is 0 Å². The summed E-state index contributed by atoms with van der Waals surface area (Å²) in [5.41, 5.74) is 7.78. The van der Waals surface area contributed by atoms with E-state index in [1.807, 2.05) is 54.6 Å². The molecule has 0 aliphatic heterocycles. The number of hydrazine groups is 1. The van der Waals surface area contributed by atoms with Crippen LogP contribution in [0, 0.1) is 0 Å². The van der Waals surface area contributed by atoms with Crippen molar-refractivity contribution >= 4 is 22.7 Å². The number of nitrogens with one attached hydrogen (secondary N) is 3. The summed E-state index contributed by atoms with van der Waals surface area (Å²) in [4.78, 5) is 27.5. The van der Waals surface area contributed by atoms with Gasteiger partial charge in [-0.05, 0) is 17.2 Å². The third kappa shape index (κ3) is 3.90. The molecule has 0 unspecified atom stereocenters. The van der Waals surface area contributed by atoms with E-state index < -0.39 is 5.91 Å². The maximum Gasteiger partial charge on any atom is 0.291 e. The number of para-hydroxylation sites is 1. The molecule has 28 heavy (non-hydrogen) atoms. The Bertz CT molecular complexity index is 1120. The second-order valence-corrected chi connectivity index (χ2v) is 6.33. The third-order valence-corrected chi connectivity index (χ3v) is 4.30. The number of carbonyl (C=O) groups is 2. The molecule has 0 saturated heterocycles. The van der Waals surface area contributed by atoms with E-state index >= 15 is 0 Å². The number of benzene rings is 2. The van der Waals surface area contributed by atoms with Gasteiger partial charge in [0.25, 0.3) is 5.91 Å². The number of rotatable bonds is 5. The molecule has 0 aliphatic rings. The standard InChI is InChI=1S/C20H18N6O2/c27-19(10-15-11-21-17-9-5-4-8-16(15)17)23-24-20(28)18-13-26(25-22-18)12-14-6-2-1-3-7-14/h1-9,11,13,21H,10,12H2,(H,23,27)(H,24,28). The van der Waals surface area contributed by atoms with Crippen LogP contribution in [-0.2, 0) is 17.8 Å². The number of hydrogen-bond acceptors (Lipinski definition) is 4. The number of H-pyrrole nitrogens is 1. The highest BCUT2D eigenvalue weighted by atomic mass is 16.2. The van der Waals surface area contributed by atoms with Crippen molar-refractivity contribution in [2.45, 2.75) is 13.0 Å². The summed E-state index contributed by atoms with van der Waals surface area (Å²) in [5.74, 6) is -0.846. The van der Waals surface area contributed by atoms with Crippen LogP contribution in [0.2, 0.25) is 0 Å². The minimum atomic E-state index is -0.522. The van der Waals surface area contributed by atoms with Crippen molar-refractivity contribution in [3.8, 4) is 0 Å². The maximum atomic E-state index is 12.2. The van der Waals surface area contributed by atoms with Crippen LogP contribution < -0.4 is 10.9 Å². The van der Waals surface area contributed by atoms with Crippen LogP contribution in [-0.4, -0.2) is 31.8 Å². The summed E-state index contributed by atoms with van der Waals surface area (Å²) in [6.07, 6.45) is 3.47. The first-order valence-electron chi connectivity index (χ1n) is 8.77. The Morgan fingerprint density at radius 2 is 1.79 bits per heavy atom. The highest BCUT2D eigenvalue weighted by Crippen LogP contribution is 2.17. The Balaban J connectivity index is 1.32. The molecule has 0 spiro atoms. The van der Waals surface area contributed by atoms with Crippen molar-refractivity contribution in [2.75, 3.05) is 0 Å². The van der Waals surface area contributed by atoms with Gasteiger partial charge in [0, 0.05) is 17.1 Å². The molecule has 8 nitrogen and oxygen atoms in total. The van der Waals surface area contributed by atoms with E-state index in [9.17, 15) is 9.59 Å². The lowest BCUT2D eigenvalue weighted by Gasteiger charge is -2.05. The first kappa shape index (κ1) is 17.5. The van der Waals surface area contributed by atoms with Crippen molar-refractivity contribution in [1.29, 1.82) is 0 Å². The van der Waals surface area contributed by atoms with E-state index in [-0.39, 0.29) is 18.0 Å². The summed E-state index contributed by atoms with van der Waals surface area (Å²) in [7, 11) is 0. The molecule has 2 heterocycles. The average Bonchev–Trinajstić information content (AvgIpc) is 3.35. The van der Waals surface area contributed by atoms with E-state index in [1.54, 1.807) is 10.9 Å². The molecule has 0 saturated carbocycles. The molecular formula is C20H18N6O2. The van der Waals surface area contributed by atoms with Crippen LogP contribution in [0.5, 0.6) is 0 Å². The first-order valence-corrected chi connectivity index (χ1v) is 8.77. The summed E-state index contributed by atoms with van der Waals surface area (Å²) in [5, 5.41) is 8.77. The van der Waals surface area contributed by atoms with Gasteiger partial charge in [0.2, 0.25) is 5.91 Å². The van der Waals surface area contributed by atoms with Gasteiger partial charge in [-0.1, -0.05) is 53.7 Å². The Morgan fingerprint density at radius 3 is 2.64 bits per heavy atom. The van der Waals surface area contributed by atoms with Crippen LogP contribution in [0.3, 0.4) is 0 Å². The van der Waals surface area contributed by atoms with Gasteiger partial charge in [-0.25, -0.2) is 4.68 Å². The molecule has 2 amide bonds. The first-order chi connectivity index (χ1) is 13.7. The van der Waals surface area contributed by atoms with Gasteiger partial charge in [0.15, 0.2) is 5.69 Å². The summed E-state index contributed by atoms with van der Waals surface area (Å²) >= 11 is 0. The quantitative estimate of drug-likeness (QED) is 0.463.